The van der Waals surface area contributed by atoms with Crippen LogP contribution in [-0.4, -0.2) is 85.2 Å². The Labute approximate surface area is 272 Å². The highest BCUT2D eigenvalue weighted by molar-refractivity contribution is 5.95. The molecule has 2 aromatic carbocycles. The molecule has 0 spiro atoms. The Kier molecular flexibility index (Phi) is 14.8. The maximum atomic E-state index is 13.9. The summed E-state index contributed by atoms with van der Waals surface area (Å²) in [6.45, 7) is 4.42. The minimum absolute atomic E-state index is 0.275. The zero-order valence-corrected chi connectivity index (χ0v) is 27.2. The topological polar surface area (TPSA) is 163 Å². The molecule has 1 heterocycles. The highest BCUT2D eigenvalue weighted by atomic mass is 16.2. The van der Waals surface area contributed by atoms with Gasteiger partial charge in [0.25, 0.3) is 0 Å². The third-order valence-corrected chi connectivity index (χ3v) is 8.34. The Hall–Kier alpha value is -4.09. The van der Waals surface area contributed by atoms with Crippen LogP contribution in [0.2, 0.25) is 0 Å². The lowest BCUT2D eigenvalue weighted by atomic mass is 10.0. The number of amides is 4. The van der Waals surface area contributed by atoms with Crippen LogP contribution in [0.5, 0.6) is 0 Å². The van der Waals surface area contributed by atoms with Crippen molar-refractivity contribution in [1.82, 2.24) is 26.2 Å². The van der Waals surface area contributed by atoms with E-state index in [1.54, 1.807) is 20.9 Å². The van der Waals surface area contributed by atoms with Gasteiger partial charge in [0.1, 0.15) is 18.1 Å². The number of hydrogen-bond acceptors (Lipinski definition) is 7. The fraction of sp³-hybridized carbons (Fsp3) is 0.514. The highest BCUT2D eigenvalue weighted by Crippen LogP contribution is 2.21. The molecule has 0 bridgehead atoms. The van der Waals surface area contributed by atoms with Crippen LogP contribution in [-0.2, 0) is 36.8 Å². The van der Waals surface area contributed by atoms with E-state index in [0.717, 1.165) is 11.1 Å². The fourth-order valence-corrected chi connectivity index (χ4v) is 5.72. The summed E-state index contributed by atoms with van der Waals surface area (Å²) in [5.74, 6) is -1.86. The van der Waals surface area contributed by atoms with Gasteiger partial charge in [0.05, 0.1) is 12.1 Å². The second-order valence-corrected chi connectivity index (χ2v) is 12.2. The van der Waals surface area contributed by atoms with E-state index in [2.05, 4.69) is 21.3 Å². The van der Waals surface area contributed by atoms with Crippen molar-refractivity contribution in [2.75, 3.05) is 20.1 Å². The van der Waals surface area contributed by atoms with E-state index in [0.29, 0.717) is 51.6 Å². The molecule has 249 valence electrons. The Morgan fingerprint density at radius 2 is 1.50 bits per heavy atom. The van der Waals surface area contributed by atoms with Crippen LogP contribution in [0.15, 0.2) is 60.7 Å². The Morgan fingerprint density at radius 1 is 0.870 bits per heavy atom. The first kappa shape index (κ1) is 36.4. The number of likely N-dealkylation sites (N-methyl/N-ethyl adjacent to an activating group) is 1. The molecule has 1 radical (unpaired) electrons. The molecule has 1 aliphatic heterocycles. The van der Waals surface area contributed by atoms with Gasteiger partial charge in [0.15, 0.2) is 0 Å². The summed E-state index contributed by atoms with van der Waals surface area (Å²) in [6, 6.07) is 14.9. The minimum atomic E-state index is -0.925. The van der Waals surface area contributed by atoms with Gasteiger partial charge in [-0.05, 0) is 69.2 Å². The van der Waals surface area contributed by atoms with E-state index < -0.39 is 42.0 Å². The zero-order chi connectivity index (χ0) is 33.5. The maximum Gasteiger partial charge on any atom is 0.245 e. The summed E-state index contributed by atoms with van der Waals surface area (Å²) < 4.78 is 0. The Balaban J connectivity index is 1.69. The summed E-state index contributed by atoms with van der Waals surface area (Å²) in [4.78, 5) is 67.3. The second kappa shape index (κ2) is 18.8. The standard InChI is InChI=1S/C35H49N6O5/c1-24(2)31(34(45)38-27(23-42)21-25-13-6-4-7-14-25)40-33(44)30-18-12-20-41(30)35(46)28(17-10-11-19-36)39-32(43)29(37-3)22-26-15-8-5-9-16-26/h4-9,13-16,24,27-31,37H,10-12,17-22,36H2,1-3H3,(H,38,45)(H,39,43)(H,40,44)/t27-,28-,29-,30-,31-/m0/s1. The average molecular weight is 634 g/mol. The van der Waals surface area contributed by atoms with E-state index in [4.69, 9.17) is 5.73 Å². The minimum Gasteiger partial charge on any atom is -0.344 e. The van der Waals surface area contributed by atoms with Gasteiger partial charge in [-0.3, -0.25) is 24.0 Å². The quantitative estimate of drug-likeness (QED) is 0.155. The van der Waals surface area contributed by atoms with Crippen molar-refractivity contribution < 1.29 is 24.0 Å². The third kappa shape index (κ3) is 10.8. The SMILES string of the molecule is CN[C@@H](Cc1ccccc1)C(=O)N[C@@H](CCCCN)C(=O)N1CCC[C@H]1C(=O)N[C@H](C(=O)N[C@H]([C]=O)Cc1ccccc1)C(C)C. The van der Waals surface area contributed by atoms with Crippen LogP contribution in [0.4, 0.5) is 0 Å². The van der Waals surface area contributed by atoms with Gasteiger partial charge in [-0.2, -0.15) is 0 Å². The van der Waals surface area contributed by atoms with Gasteiger partial charge in [0, 0.05) is 13.0 Å². The van der Waals surface area contributed by atoms with Crippen molar-refractivity contribution in [2.24, 2.45) is 11.7 Å². The van der Waals surface area contributed by atoms with E-state index in [-0.39, 0.29) is 24.2 Å². The number of benzene rings is 2. The van der Waals surface area contributed by atoms with E-state index in [9.17, 15) is 24.0 Å². The van der Waals surface area contributed by atoms with Crippen LogP contribution < -0.4 is 27.0 Å². The molecule has 1 saturated heterocycles. The molecule has 0 aliphatic carbocycles. The smallest absolute Gasteiger partial charge is 0.245 e. The molecular formula is C35H49N6O5. The number of unbranched alkanes of at least 4 members (excludes halogenated alkanes) is 1. The first-order valence-electron chi connectivity index (χ1n) is 16.2. The molecule has 4 amide bonds. The number of carbonyl (C=O) groups excluding carboxylic acids is 5. The van der Waals surface area contributed by atoms with Crippen molar-refractivity contribution in [3.05, 3.63) is 71.8 Å². The summed E-state index contributed by atoms with van der Waals surface area (Å²) in [5, 5.41) is 11.5. The number of likely N-dealkylation sites (tertiary alicyclic amines) is 1. The molecule has 2 aromatic rings. The van der Waals surface area contributed by atoms with E-state index in [1.807, 2.05) is 66.9 Å². The molecular weight excluding hydrogens is 584 g/mol. The molecule has 0 aromatic heterocycles. The first-order valence-corrected chi connectivity index (χ1v) is 16.2. The number of nitrogens with one attached hydrogen (secondary N) is 4. The Bertz CT molecular complexity index is 1270. The number of hydrogen-bond donors (Lipinski definition) is 5. The summed E-state index contributed by atoms with van der Waals surface area (Å²) in [6.07, 6.45) is 5.36. The van der Waals surface area contributed by atoms with E-state index in [1.165, 1.54) is 4.90 Å². The van der Waals surface area contributed by atoms with Crippen LogP contribution in [0.3, 0.4) is 0 Å². The normalized spacial score (nSPS) is 17.1. The van der Waals surface area contributed by atoms with Gasteiger partial charge in [-0.1, -0.05) is 74.5 Å². The van der Waals surface area contributed by atoms with Crippen LogP contribution in [0.1, 0.15) is 57.1 Å². The molecule has 5 atom stereocenters. The first-order chi connectivity index (χ1) is 22.2. The van der Waals surface area contributed by atoms with Crippen molar-refractivity contribution >= 4 is 29.9 Å². The average Bonchev–Trinajstić information content (AvgIpc) is 3.56. The van der Waals surface area contributed by atoms with Crippen molar-refractivity contribution in [2.45, 2.75) is 89.0 Å². The largest absolute Gasteiger partial charge is 0.344 e. The lowest BCUT2D eigenvalue weighted by Crippen LogP contribution is -2.59. The molecule has 11 nitrogen and oxygen atoms in total. The van der Waals surface area contributed by atoms with Crippen LogP contribution in [0.25, 0.3) is 0 Å². The maximum absolute atomic E-state index is 13.9. The van der Waals surface area contributed by atoms with Gasteiger partial charge in [0.2, 0.25) is 29.9 Å². The molecule has 1 fully saturated rings. The van der Waals surface area contributed by atoms with Crippen molar-refractivity contribution in [3.8, 4) is 0 Å². The number of carbonyl (C=O) groups is 4. The summed E-state index contributed by atoms with van der Waals surface area (Å²) in [7, 11) is 1.71. The van der Waals surface area contributed by atoms with Gasteiger partial charge >= 0.3 is 0 Å². The zero-order valence-electron chi connectivity index (χ0n) is 27.2. The van der Waals surface area contributed by atoms with Gasteiger partial charge in [-0.15, -0.1) is 0 Å². The number of nitrogens with zero attached hydrogens (tertiary/aromatic N) is 1. The molecule has 0 unspecified atom stereocenters. The molecule has 3 rings (SSSR count). The van der Waals surface area contributed by atoms with Crippen LogP contribution >= 0.6 is 0 Å². The lowest BCUT2D eigenvalue weighted by Gasteiger charge is -2.31. The van der Waals surface area contributed by atoms with Crippen molar-refractivity contribution in [1.29, 1.82) is 0 Å². The summed E-state index contributed by atoms with van der Waals surface area (Å²) >= 11 is 0. The lowest BCUT2D eigenvalue weighted by molar-refractivity contribution is -0.142. The Morgan fingerprint density at radius 3 is 2.07 bits per heavy atom. The van der Waals surface area contributed by atoms with Crippen LogP contribution in [0, 0.1) is 5.92 Å². The van der Waals surface area contributed by atoms with E-state index >= 15 is 0 Å². The molecule has 0 saturated carbocycles. The van der Waals surface area contributed by atoms with Gasteiger partial charge in [-0.25, -0.2) is 0 Å². The molecule has 1 aliphatic rings. The monoisotopic (exact) mass is 633 g/mol. The fourth-order valence-electron chi connectivity index (χ4n) is 5.72. The predicted octanol–water partition coefficient (Wildman–Crippen LogP) is 1.40. The highest BCUT2D eigenvalue weighted by Gasteiger charge is 2.39. The second-order valence-electron chi connectivity index (χ2n) is 12.2. The summed E-state index contributed by atoms with van der Waals surface area (Å²) in [5.41, 5.74) is 7.56. The number of rotatable bonds is 18. The molecule has 6 N–H and O–H groups in total. The third-order valence-electron chi connectivity index (χ3n) is 8.34. The molecule has 46 heavy (non-hydrogen) atoms. The number of nitrogens with two attached hydrogens (primary N) is 1. The predicted molar refractivity (Wildman–Crippen MR) is 177 cm³/mol. The van der Waals surface area contributed by atoms with Gasteiger partial charge < -0.3 is 31.9 Å². The molecule has 11 heteroatoms. The van der Waals surface area contributed by atoms with Crippen molar-refractivity contribution in [3.63, 3.8) is 0 Å².